The molecule has 2 saturated heterocycles. The summed E-state index contributed by atoms with van der Waals surface area (Å²) in [5.41, 5.74) is 6.28. The molecule has 0 spiro atoms. The summed E-state index contributed by atoms with van der Waals surface area (Å²) in [5.74, 6) is 0.130. The Morgan fingerprint density at radius 1 is 1.16 bits per heavy atom. The van der Waals surface area contributed by atoms with Crippen LogP contribution < -0.4 is 11.1 Å². The second-order valence-corrected chi connectivity index (χ2v) is 7.02. The summed E-state index contributed by atoms with van der Waals surface area (Å²) in [6.07, 6.45) is 2.77. The maximum Gasteiger partial charge on any atom is 0.230 e. The molecule has 0 bridgehead atoms. The molecule has 136 valence electrons. The van der Waals surface area contributed by atoms with Gasteiger partial charge in [0.1, 0.15) is 0 Å². The number of benzene rings is 1. The van der Waals surface area contributed by atoms with Crippen molar-refractivity contribution in [2.45, 2.75) is 25.7 Å². The lowest BCUT2D eigenvalue weighted by Gasteiger charge is -2.41. The fourth-order valence-corrected chi connectivity index (χ4v) is 3.71. The van der Waals surface area contributed by atoms with Crippen LogP contribution >= 0.6 is 0 Å². The Hall–Kier alpha value is -1.92. The zero-order valence-corrected chi connectivity index (χ0v) is 14.6. The molecule has 1 aromatic carbocycles. The zero-order chi connectivity index (χ0) is 17.7. The number of anilines is 1. The van der Waals surface area contributed by atoms with Gasteiger partial charge in [0, 0.05) is 44.5 Å². The number of nitrogens with one attached hydrogen (secondary N) is 1. The monoisotopic (exact) mass is 345 g/mol. The summed E-state index contributed by atoms with van der Waals surface area (Å²) >= 11 is 0. The molecule has 3 N–H and O–H groups in total. The van der Waals surface area contributed by atoms with Gasteiger partial charge in [0.2, 0.25) is 11.8 Å². The molecular weight excluding hydrogens is 318 g/mol. The molecular formula is C19H27N3O3. The van der Waals surface area contributed by atoms with Crippen molar-refractivity contribution in [3.05, 3.63) is 30.3 Å². The van der Waals surface area contributed by atoms with E-state index in [0.29, 0.717) is 58.5 Å². The number of para-hydroxylation sites is 1. The van der Waals surface area contributed by atoms with Crippen LogP contribution in [0.4, 0.5) is 5.69 Å². The number of hydrogen-bond acceptors (Lipinski definition) is 4. The molecule has 0 unspecified atom stereocenters. The van der Waals surface area contributed by atoms with Gasteiger partial charge in [-0.2, -0.15) is 0 Å². The van der Waals surface area contributed by atoms with Crippen LogP contribution in [0.5, 0.6) is 0 Å². The lowest BCUT2D eigenvalue weighted by atomic mass is 9.78. The van der Waals surface area contributed by atoms with Gasteiger partial charge in [-0.25, -0.2) is 0 Å². The van der Waals surface area contributed by atoms with Crippen molar-refractivity contribution in [3.8, 4) is 0 Å². The van der Waals surface area contributed by atoms with E-state index in [1.54, 1.807) is 0 Å². The Labute approximate surface area is 148 Å². The summed E-state index contributed by atoms with van der Waals surface area (Å²) in [5, 5.41) is 2.96. The highest BCUT2D eigenvalue weighted by Gasteiger charge is 2.42. The van der Waals surface area contributed by atoms with Crippen molar-refractivity contribution in [1.82, 2.24) is 4.90 Å². The first kappa shape index (κ1) is 17.9. The Balaban J connectivity index is 1.54. The quantitative estimate of drug-likeness (QED) is 0.868. The maximum atomic E-state index is 13.0. The number of piperidine rings is 1. The molecule has 0 radical (unpaired) electrons. The lowest BCUT2D eigenvalue weighted by Crippen LogP contribution is -2.53. The molecule has 1 aromatic rings. The first-order valence-electron chi connectivity index (χ1n) is 9.08. The molecule has 3 rings (SSSR count). The summed E-state index contributed by atoms with van der Waals surface area (Å²) in [7, 11) is 0. The Kier molecular flexibility index (Phi) is 5.71. The molecule has 2 fully saturated rings. The fraction of sp³-hybridized carbons (Fsp3) is 0.579. The van der Waals surface area contributed by atoms with E-state index in [2.05, 4.69) is 5.32 Å². The van der Waals surface area contributed by atoms with Crippen molar-refractivity contribution in [2.24, 2.45) is 17.1 Å². The van der Waals surface area contributed by atoms with Gasteiger partial charge >= 0.3 is 0 Å². The molecule has 2 amide bonds. The Morgan fingerprint density at radius 3 is 2.40 bits per heavy atom. The van der Waals surface area contributed by atoms with Crippen molar-refractivity contribution < 1.29 is 14.3 Å². The van der Waals surface area contributed by atoms with E-state index in [1.165, 1.54) is 0 Å². The van der Waals surface area contributed by atoms with Crippen molar-refractivity contribution >= 4 is 17.5 Å². The minimum atomic E-state index is -0.475. The van der Waals surface area contributed by atoms with E-state index in [0.717, 1.165) is 5.69 Å². The number of carbonyl (C=O) groups is 2. The van der Waals surface area contributed by atoms with E-state index in [4.69, 9.17) is 10.5 Å². The van der Waals surface area contributed by atoms with Gasteiger partial charge in [0.25, 0.3) is 0 Å². The van der Waals surface area contributed by atoms with Crippen LogP contribution in [0.2, 0.25) is 0 Å². The number of nitrogens with two attached hydrogens (primary N) is 1. The van der Waals surface area contributed by atoms with Crippen molar-refractivity contribution in [2.75, 3.05) is 38.2 Å². The molecule has 0 atom stereocenters. The van der Waals surface area contributed by atoms with Crippen LogP contribution in [0.25, 0.3) is 0 Å². The third-order valence-electron chi connectivity index (χ3n) is 5.49. The average Bonchev–Trinajstić information content (AvgIpc) is 2.69. The highest BCUT2D eigenvalue weighted by molar-refractivity contribution is 5.92. The second kappa shape index (κ2) is 7.97. The lowest BCUT2D eigenvalue weighted by molar-refractivity contribution is -0.149. The highest BCUT2D eigenvalue weighted by atomic mass is 16.5. The molecule has 6 heteroatoms. The number of ether oxygens (including phenoxy) is 1. The summed E-state index contributed by atoms with van der Waals surface area (Å²) in [6, 6.07) is 9.48. The van der Waals surface area contributed by atoms with E-state index >= 15 is 0 Å². The molecule has 2 aliphatic rings. The first-order chi connectivity index (χ1) is 12.1. The van der Waals surface area contributed by atoms with Gasteiger partial charge in [-0.15, -0.1) is 0 Å². The third kappa shape index (κ3) is 4.02. The molecule has 6 nitrogen and oxygen atoms in total. The SMILES string of the molecule is NCC1(C(=O)N2CCC(C(=O)Nc3ccccc3)CC2)CCOCC1. The first-order valence-corrected chi connectivity index (χ1v) is 9.08. The number of carbonyl (C=O) groups excluding carboxylic acids is 2. The standard InChI is InChI=1S/C19H27N3O3/c20-14-19(8-12-25-13-9-19)18(24)22-10-6-15(7-11-22)17(23)21-16-4-2-1-3-5-16/h1-5,15H,6-14,20H2,(H,21,23). The Bertz CT molecular complexity index is 591. The van der Waals surface area contributed by atoms with Crippen molar-refractivity contribution in [3.63, 3.8) is 0 Å². The third-order valence-corrected chi connectivity index (χ3v) is 5.49. The molecule has 0 saturated carbocycles. The van der Waals surface area contributed by atoms with Gasteiger partial charge in [-0.1, -0.05) is 18.2 Å². The number of hydrogen-bond donors (Lipinski definition) is 2. The van der Waals surface area contributed by atoms with Gasteiger partial charge in [0.05, 0.1) is 5.41 Å². The largest absolute Gasteiger partial charge is 0.381 e. The number of rotatable bonds is 4. The summed E-state index contributed by atoms with van der Waals surface area (Å²) in [6.45, 7) is 2.80. The minimum absolute atomic E-state index is 0.0397. The zero-order valence-electron chi connectivity index (χ0n) is 14.6. The summed E-state index contributed by atoms with van der Waals surface area (Å²) < 4.78 is 5.39. The predicted octanol–water partition coefficient (Wildman–Crippen LogP) is 1.62. The van der Waals surface area contributed by atoms with Gasteiger partial charge in [-0.05, 0) is 37.8 Å². The highest BCUT2D eigenvalue weighted by Crippen LogP contribution is 2.33. The van der Waals surface area contributed by atoms with Crippen LogP contribution in [-0.2, 0) is 14.3 Å². The van der Waals surface area contributed by atoms with E-state index < -0.39 is 5.41 Å². The minimum Gasteiger partial charge on any atom is -0.381 e. The molecule has 0 aromatic heterocycles. The van der Waals surface area contributed by atoms with E-state index in [-0.39, 0.29) is 17.7 Å². The fourth-order valence-electron chi connectivity index (χ4n) is 3.71. The van der Waals surface area contributed by atoms with E-state index in [9.17, 15) is 9.59 Å². The van der Waals surface area contributed by atoms with Crippen LogP contribution in [0.15, 0.2) is 30.3 Å². The average molecular weight is 345 g/mol. The number of nitrogens with zero attached hydrogens (tertiary/aromatic N) is 1. The number of likely N-dealkylation sites (tertiary alicyclic amines) is 1. The van der Waals surface area contributed by atoms with E-state index in [1.807, 2.05) is 35.2 Å². The maximum absolute atomic E-state index is 13.0. The predicted molar refractivity (Wildman–Crippen MR) is 95.9 cm³/mol. The van der Waals surface area contributed by atoms with Gasteiger partial charge < -0.3 is 20.7 Å². The van der Waals surface area contributed by atoms with Gasteiger partial charge in [0.15, 0.2) is 0 Å². The van der Waals surface area contributed by atoms with Crippen LogP contribution in [0.3, 0.4) is 0 Å². The molecule has 0 aliphatic carbocycles. The van der Waals surface area contributed by atoms with Crippen LogP contribution in [-0.4, -0.2) is 49.6 Å². The molecule has 2 aliphatic heterocycles. The number of amides is 2. The smallest absolute Gasteiger partial charge is 0.230 e. The van der Waals surface area contributed by atoms with Gasteiger partial charge in [-0.3, -0.25) is 9.59 Å². The Morgan fingerprint density at radius 2 is 1.80 bits per heavy atom. The van der Waals surface area contributed by atoms with Crippen LogP contribution in [0, 0.1) is 11.3 Å². The topological polar surface area (TPSA) is 84.7 Å². The van der Waals surface area contributed by atoms with Crippen molar-refractivity contribution in [1.29, 1.82) is 0 Å². The molecule has 25 heavy (non-hydrogen) atoms. The van der Waals surface area contributed by atoms with Crippen LogP contribution in [0.1, 0.15) is 25.7 Å². The summed E-state index contributed by atoms with van der Waals surface area (Å²) in [4.78, 5) is 27.3. The second-order valence-electron chi connectivity index (χ2n) is 7.02. The molecule has 2 heterocycles. The normalized spacial score (nSPS) is 20.9.